The van der Waals surface area contributed by atoms with E-state index in [1.165, 1.54) is 0 Å². The second-order valence-electron chi connectivity index (χ2n) is 5.68. The summed E-state index contributed by atoms with van der Waals surface area (Å²) in [6.07, 6.45) is 0. The Balaban J connectivity index is 1.47. The number of urea groups is 1. The molecule has 26 heavy (non-hydrogen) atoms. The van der Waals surface area contributed by atoms with Gasteiger partial charge in [0.2, 0.25) is 0 Å². The van der Waals surface area contributed by atoms with Crippen molar-refractivity contribution in [2.24, 2.45) is 5.73 Å². The van der Waals surface area contributed by atoms with Crippen LogP contribution in [0.5, 0.6) is 5.75 Å². The first-order valence-corrected chi connectivity index (χ1v) is 8.18. The van der Waals surface area contributed by atoms with Gasteiger partial charge < -0.3 is 21.1 Å². The van der Waals surface area contributed by atoms with Crippen LogP contribution in [0.3, 0.4) is 0 Å². The summed E-state index contributed by atoms with van der Waals surface area (Å²) in [5.41, 5.74) is 6.07. The first-order valence-electron chi connectivity index (χ1n) is 8.18. The fourth-order valence-corrected chi connectivity index (χ4v) is 2.54. The van der Waals surface area contributed by atoms with Gasteiger partial charge in [0, 0.05) is 11.3 Å². The smallest absolute Gasteiger partial charge is 0.316 e. The zero-order valence-electron chi connectivity index (χ0n) is 14.1. The lowest BCUT2D eigenvalue weighted by Gasteiger charge is -2.09. The van der Waals surface area contributed by atoms with Crippen molar-refractivity contribution in [3.63, 3.8) is 0 Å². The number of fused-ring (bicyclic) bond motifs is 1. The second-order valence-corrected chi connectivity index (χ2v) is 5.68. The number of ether oxygens (including phenoxy) is 1. The number of carbonyl (C=O) groups is 2. The van der Waals surface area contributed by atoms with Gasteiger partial charge in [0.1, 0.15) is 12.4 Å². The Hall–Kier alpha value is -3.54. The van der Waals surface area contributed by atoms with Crippen LogP contribution < -0.4 is 21.1 Å². The zero-order chi connectivity index (χ0) is 18.4. The van der Waals surface area contributed by atoms with Gasteiger partial charge in [0.15, 0.2) is 0 Å². The molecule has 0 heterocycles. The summed E-state index contributed by atoms with van der Waals surface area (Å²) in [4.78, 5) is 22.9. The molecule has 3 amide bonds. The highest BCUT2D eigenvalue weighted by atomic mass is 16.5. The highest BCUT2D eigenvalue weighted by Gasteiger charge is 2.05. The van der Waals surface area contributed by atoms with Crippen molar-refractivity contribution in [2.45, 2.75) is 0 Å². The normalized spacial score (nSPS) is 10.3. The lowest BCUT2D eigenvalue weighted by molar-refractivity contribution is 0.0947. The molecule has 0 aliphatic heterocycles. The molecule has 0 aromatic heterocycles. The molecule has 6 nitrogen and oxygen atoms in total. The van der Waals surface area contributed by atoms with E-state index in [1.54, 1.807) is 24.3 Å². The van der Waals surface area contributed by atoms with Crippen molar-refractivity contribution in [1.29, 1.82) is 0 Å². The molecular weight excluding hydrogens is 330 g/mol. The maximum atomic E-state index is 12.1. The molecule has 6 heteroatoms. The molecule has 0 spiro atoms. The van der Waals surface area contributed by atoms with Crippen molar-refractivity contribution in [3.8, 4) is 5.75 Å². The minimum Gasteiger partial charge on any atom is -0.492 e. The fraction of sp³-hybridized carbons (Fsp3) is 0.100. The van der Waals surface area contributed by atoms with Crippen LogP contribution in [0.4, 0.5) is 10.5 Å². The van der Waals surface area contributed by atoms with E-state index in [-0.39, 0.29) is 5.91 Å². The predicted octanol–water partition coefficient (Wildman–Crippen LogP) is 3.14. The van der Waals surface area contributed by atoms with Gasteiger partial charge in [-0.25, -0.2) is 4.79 Å². The van der Waals surface area contributed by atoms with Crippen molar-refractivity contribution in [1.82, 2.24) is 5.32 Å². The van der Waals surface area contributed by atoms with E-state index >= 15 is 0 Å². The van der Waals surface area contributed by atoms with Crippen molar-refractivity contribution < 1.29 is 14.3 Å². The van der Waals surface area contributed by atoms with Gasteiger partial charge in [-0.1, -0.05) is 30.3 Å². The Kier molecular flexibility index (Phi) is 5.34. The standard InChI is InChI=1S/C20H19N3O3/c21-20(25)23-17-8-5-15(6-9-17)19(24)22-11-12-26-18-10-7-14-3-1-2-4-16(14)13-18/h1-10,13H,11-12H2,(H,22,24)(H3,21,23,25). The molecule has 3 rings (SSSR count). The number of anilines is 1. The van der Waals surface area contributed by atoms with Crippen LogP contribution >= 0.6 is 0 Å². The third-order valence-corrected chi connectivity index (χ3v) is 3.79. The maximum absolute atomic E-state index is 12.1. The Bertz CT molecular complexity index is 923. The molecule has 0 atom stereocenters. The van der Waals surface area contributed by atoms with Crippen LogP contribution in [0.1, 0.15) is 10.4 Å². The Morgan fingerprint density at radius 1 is 0.923 bits per heavy atom. The van der Waals surface area contributed by atoms with Gasteiger partial charge in [0.25, 0.3) is 5.91 Å². The van der Waals surface area contributed by atoms with Crippen LogP contribution in [0.2, 0.25) is 0 Å². The maximum Gasteiger partial charge on any atom is 0.316 e. The summed E-state index contributed by atoms with van der Waals surface area (Å²) in [6.45, 7) is 0.748. The number of benzene rings is 3. The number of hydrogen-bond acceptors (Lipinski definition) is 3. The van der Waals surface area contributed by atoms with Crippen molar-refractivity contribution >= 4 is 28.4 Å². The Labute approximate surface area is 151 Å². The Morgan fingerprint density at radius 2 is 1.65 bits per heavy atom. The highest BCUT2D eigenvalue weighted by Crippen LogP contribution is 2.20. The quantitative estimate of drug-likeness (QED) is 0.597. The second kappa shape index (κ2) is 8.02. The SMILES string of the molecule is NC(=O)Nc1ccc(C(=O)NCCOc2ccc3ccccc3c2)cc1. The first-order chi connectivity index (χ1) is 12.6. The third-order valence-electron chi connectivity index (χ3n) is 3.79. The van der Waals surface area contributed by atoms with Crippen LogP contribution in [0.25, 0.3) is 10.8 Å². The van der Waals surface area contributed by atoms with Gasteiger partial charge in [-0.3, -0.25) is 4.79 Å². The number of amides is 3. The number of carbonyl (C=O) groups excluding carboxylic acids is 2. The minimum absolute atomic E-state index is 0.210. The lowest BCUT2D eigenvalue weighted by atomic mass is 10.1. The number of nitrogens with two attached hydrogens (primary N) is 1. The predicted molar refractivity (Wildman–Crippen MR) is 101 cm³/mol. The van der Waals surface area contributed by atoms with Crippen LogP contribution in [0, 0.1) is 0 Å². The molecule has 132 valence electrons. The van der Waals surface area contributed by atoms with E-state index in [9.17, 15) is 9.59 Å². The third kappa shape index (κ3) is 4.51. The van der Waals surface area contributed by atoms with Crippen molar-refractivity contribution in [3.05, 3.63) is 72.3 Å². The lowest BCUT2D eigenvalue weighted by Crippen LogP contribution is -2.28. The van der Waals surface area contributed by atoms with Crippen molar-refractivity contribution in [2.75, 3.05) is 18.5 Å². The average molecular weight is 349 g/mol. The van der Waals surface area contributed by atoms with E-state index in [0.29, 0.717) is 24.4 Å². The van der Waals surface area contributed by atoms with E-state index in [0.717, 1.165) is 16.5 Å². The molecule has 0 unspecified atom stereocenters. The number of nitrogens with one attached hydrogen (secondary N) is 2. The molecule has 4 N–H and O–H groups in total. The summed E-state index contributed by atoms with van der Waals surface area (Å²) in [5.74, 6) is 0.553. The summed E-state index contributed by atoms with van der Waals surface area (Å²) >= 11 is 0. The van der Waals surface area contributed by atoms with Gasteiger partial charge in [-0.15, -0.1) is 0 Å². The summed E-state index contributed by atoms with van der Waals surface area (Å²) in [7, 11) is 0. The van der Waals surface area contributed by atoms with E-state index < -0.39 is 6.03 Å². The van der Waals surface area contributed by atoms with Crippen LogP contribution in [-0.2, 0) is 0 Å². The minimum atomic E-state index is -0.645. The molecule has 0 aliphatic rings. The molecule has 0 bridgehead atoms. The molecule has 0 fully saturated rings. The molecule has 0 saturated carbocycles. The van der Waals surface area contributed by atoms with Crippen LogP contribution in [-0.4, -0.2) is 25.1 Å². The number of rotatable bonds is 6. The fourth-order valence-electron chi connectivity index (χ4n) is 2.54. The molecule has 0 radical (unpaired) electrons. The van der Waals surface area contributed by atoms with Gasteiger partial charge >= 0.3 is 6.03 Å². The zero-order valence-corrected chi connectivity index (χ0v) is 14.1. The monoisotopic (exact) mass is 349 g/mol. The largest absolute Gasteiger partial charge is 0.492 e. The first kappa shape index (κ1) is 17.3. The van der Waals surface area contributed by atoms with E-state index in [1.807, 2.05) is 42.5 Å². The van der Waals surface area contributed by atoms with E-state index in [4.69, 9.17) is 10.5 Å². The average Bonchev–Trinajstić information content (AvgIpc) is 2.65. The van der Waals surface area contributed by atoms with Gasteiger partial charge in [-0.2, -0.15) is 0 Å². The van der Waals surface area contributed by atoms with Crippen LogP contribution in [0.15, 0.2) is 66.7 Å². The molecule has 0 aliphatic carbocycles. The molecule has 3 aromatic carbocycles. The Morgan fingerprint density at radius 3 is 2.38 bits per heavy atom. The molecule has 0 saturated heterocycles. The topological polar surface area (TPSA) is 93.5 Å². The number of hydrogen-bond donors (Lipinski definition) is 3. The number of primary amides is 1. The summed E-state index contributed by atoms with van der Waals surface area (Å²) in [6, 6.07) is 19.8. The molecular formula is C20H19N3O3. The summed E-state index contributed by atoms with van der Waals surface area (Å²) in [5, 5.41) is 7.50. The van der Waals surface area contributed by atoms with Gasteiger partial charge in [-0.05, 0) is 47.2 Å². The van der Waals surface area contributed by atoms with E-state index in [2.05, 4.69) is 10.6 Å². The summed E-state index contributed by atoms with van der Waals surface area (Å²) < 4.78 is 5.69. The molecule has 3 aromatic rings. The van der Waals surface area contributed by atoms with Gasteiger partial charge in [0.05, 0.1) is 6.54 Å². The highest BCUT2D eigenvalue weighted by molar-refractivity contribution is 5.95.